The van der Waals surface area contributed by atoms with Crippen LogP contribution in [0.25, 0.3) is 0 Å². The van der Waals surface area contributed by atoms with Crippen LogP contribution in [0.4, 0.5) is 0 Å². The van der Waals surface area contributed by atoms with E-state index in [1.54, 1.807) is 0 Å². The average Bonchev–Trinajstić information content (AvgIpc) is 2.65. The van der Waals surface area contributed by atoms with E-state index in [1.165, 1.54) is 6.92 Å². The summed E-state index contributed by atoms with van der Waals surface area (Å²) in [6.07, 6.45) is -1.90. The zero-order valence-electron chi connectivity index (χ0n) is 15.7. The van der Waals surface area contributed by atoms with Crippen molar-refractivity contribution >= 4 is 29.6 Å². The van der Waals surface area contributed by atoms with Crippen LogP contribution in [0, 0.1) is 0 Å². The number of rotatable bonds is 13. The first kappa shape index (κ1) is 26.2. The molecule has 0 rings (SSSR count). The van der Waals surface area contributed by atoms with Crippen molar-refractivity contribution < 1.29 is 44.4 Å². The Bertz CT molecular complexity index is 613. The van der Waals surface area contributed by atoms with E-state index in [-0.39, 0.29) is 12.8 Å². The number of hydrogen-bond donors (Lipinski definition) is 9. The fourth-order valence-electron chi connectivity index (χ4n) is 1.97. The van der Waals surface area contributed by atoms with Crippen LogP contribution in [-0.2, 0) is 24.0 Å². The highest BCUT2D eigenvalue weighted by Gasteiger charge is 2.30. The highest BCUT2D eigenvalue weighted by atomic mass is 16.4. The molecule has 0 aliphatic carbocycles. The van der Waals surface area contributed by atoms with E-state index in [2.05, 4.69) is 10.6 Å². The number of hydrogen-bond acceptors (Lipinski definition) is 9. The van der Waals surface area contributed by atoms with E-state index in [0.29, 0.717) is 0 Å². The lowest BCUT2D eigenvalue weighted by Crippen LogP contribution is -2.59. The molecule has 0 heterocycles. The molecular formula is C15H27N5O9. The molecule has 0 saturated heterocycles. The molecule has 14 heteroatoms. The summed E-state index contributed by atoms with van der Waals surface area (Å²) in [4.78, 5) is 58.3. The topological polar surface area (TPSA) is 254 Å². The fourth-order valence-corrected chi connectivity index (χ4v) is 1.97. The third-order valence-electron chi connectivity index (χ3n) is 3.75. The molecule has 0 aliphatic heterocycles. The van der Waals surface area contributed by atoms with Gasteiger partial charge >= 0.3 is 5.97 Å². The van der Waals surface area contributed by atoms with E-state index in [0.717, 1.165) is 0 Å². The molecule has 0 fully saturated rings. The number of carboxylic acid groups (broad SMARTS) is 1. The van der Waals surface area contributed by atoms with Gasteiger partial charge in [0.1, 0.15) is 24.2 Å². The fraction of sp³-hybridized carbons (Fsp3) is 0.667. The van der Waals surface area contributed by atoms with Crippen molar-refractivity contribution in [1.82, 2.24) is 16.0 Å². The van der Waals surface area contributed by atoms with Gasteiger partial charge in [-0.05, 0) is 13.3 Å². The maximum absolute atomic E-state index is 12.3. The van der Waals surface area contributed by atoms with Gasteiger partial charge in [0.05, 0.1) is 19.3 Å². The second-order valence-corrected chi connectivity index (χ2v) is 6.16. The number of amides is 4. The van der Waals surface area contributed by atoms with E-state index in [4.69, 9.17) is 21.7 Å². The third-order valence-corrected chi connectivity index (χ3v) is 3.75. The monoisotopic (exact) mass is 421 g/mol. The predicted molar refractivity (Wildman–Crippen MR) is 95.7 cm³/mol. The van der Waals surface area contributed by atoms with Crippen LogP contribution in [0.2, 0.25) is 0 Å². The number of aliphatic hydroxyl groups excluding tert-OH is 3. The molecule has 29 heavy (non-hydrogen) atoms. The van der Waals surface area contributed by atoms with Gasteiger partial charge < -0.3 is 47.8 Å². The maximum atomic E-state index is 12.3. The number of nitrogens with one attached hydrogen (secondary N) is 3. The van der Waals surface area contributed by atoms with Gasteiger partial charge in [-0.1, -0.05) is 0 Å². The number of carboxylic acids is 1. The van der Waals surface area contributed by atoms with Crippen molar-refractivity contribution in [2.24, 2.45) is 11.5 Å². The standard InChI is InChI=1S/C15H27N5O9/c1-6(23)11(17)14(27)19-8(4-21)13(26)18-7(2-3-10(16)24)12(25)20-9(5-22)15(28)29/h6-9,11,21-23H,2-5,17H2,1H3,(H2,16,24)(H,18,26)(H,19,27)(H,20,25)(H,28,29). The van der Waals surface area contributed by atoms with Crippen LogP contribution in [0.15, 0.2) is 0 Å². The molecule has 5 atom stereocenters. The lowest BCUT2D eigenvalue weighted by Gasteiger charge is -2.24. The van der Waals surface area contributed by atoms with Crippen molar-refractivity contribution in [2.75, 3.05) is 13.2 Å². The first-order valence-electron chi connectivity index (χ1n) is 8.52. The Morgan fingerprint density at radius 1 is 0.862 bits per heavy atom. The predicted octanol–water partition coefficient (Wildman–Crippen LogP) is -5.52. The normalized spacial score (nSPS) is 15.9. The quantitative estimate of drug-likeness (QED) is 0.136. The second kappa shape index (κ2) is 12.6. The Hall–Kier alpha value is -2.81. The average molecular weight is 421 g/mol. The molecule has 5 unspecified atom stereocenters. The van der Waals surface area contributed by atoms with Gasteiger partial charge in [-0.2, -0.15) is 0 Å². The number of carbonyl (C=O) groups excluding carboxylic acids is 4. The summed E-state index contributed by atoms with van der Waals surface area (Å²) in [5.74, 6) is -5.36. The molecular weight excluding hydrogens is 394 g/mol. The lowest BCUT2D eigenvalue weighted by atomic mass is 10.1. The molecule has 0 aromatic heterocycles. The van der Waals surface area contributed by atoms with Gasteiger partial charge in [-0.3, -0.25) is 19.2 Å². The van der Waals surface area contributed by atoms with Crippen LogP contribution >= 0.6 is 0 Å². The molecule has 0 aliphatic rings. The van der Waals surface area contributed by atoms with Crippen molar-refractivity contribution in [3.63, 3.8) is 0 Å². The minimum atomic E-state index is -1.66. The van der Waals surface area contributed by atoms with Gasteiger partial charge in [0.15, 0.2) is 0 Å². The zero-order chi connectivity index (χ0) is 22.7. The molecule has 0 aromatic carbocycles. The van der Waals surface area contributed by atoms with Crippen LogP contribution in [0.3, 0.4) is 0 Å². The molecule has 4 amide bonds. The number of nitrogens with two attached hydrogens (primary N) is 2. The Kier molecular flexibility index (Phi) is 11.4. The van der Waals surface area contributed by atoms with Crippen LogP contribution < -0.4 is 27.4 Å². The summed E-state index contributed by atoms with van der Waals surface area (Å²) in [6.45, 7) is -0.574. The van der Waals surface area contributed by atoms with Crippen molar-refractivity contribution in [1.29, 1.82) is 0 Å². The highest BCUT2D eigenvalue weighted by Crippen LogP contribution is 2.01. The van der Waals surface area contributed by atoms with Crippen molar-refractivity contribution in [3.8, 4) is 0 Å². The summed E-state index contributed by atoms with van der Waals surface area (Å²) < 4.78 is 0. The molecule has 0 spiro atoms. The van der Waals surface area contributed by atoms with Gasteiger partial charge in [-0.25, -0.2) is 4.79 Å². The summed E-state index contributed by atoms with van der Waals surface area (Å²) in [5, 5.41) is 42.7. The summed E-state index contributed by atoms with van der Waals surface area (Å²) >= 11 is 0. The molecule has 0 aromatic rings. The number of aliphatic carboxylic acids is 1. The van der Waals surface area contributed by atoms with E-state index >= 15 is 0 Å². The number of aliphatic hydroxyl groups is 3. The van der Waals surface area contributed by atoms with E-state index in [9.17, 15) is 34.2 Å². The van der Waals surface area contributed by atoms with Crippen molar-refractivity contribution in [2.45, 2.75) is 50.0 Å². The summed E-state index contributed by atoms with van der Waals surface area (Å²) in [5.41, 5.74) is 10.4. The lowest BCUT2D eigenvalue weighted by molar-refractivity contribution is -0.143. The summed E-state index contributed by atoms with van der Waals surface area (Å²) in [7, 11) is 0. The Balaban J connectivity index is 5.24. The highest BCUT2D eigenvalue weighted by molar-refractivity contribution is 5.94. The number of carbonyl (C=O) groups is 5. The van der Waals surface area contributed by atoms with Crippen LogP contribution in [0.1, 0.15) is 19.8 Å². The molecule has 0 bridgehead atoms. The van der Waals surface area contributed by atoms with E-state index < -0.39 is 73.1 Å². The molecule has 14 nitrogen and oxygen atoms in total. The zero-order valence-corrected chi connectivity index (χ0v) is 15.7. The summed E-state index contributed by atoms with van der Waals surface area (Å²) in [6, 6.07) is -6.05. The Morgan fingerprint density at radius 2 is 1.31 bits per heavy atom. The van der Waals surface area contributed by atoms with Crippen molar-refractivity contribution in [3.05, 3.63) is 0 Å². The molecule has 0 radical (unpaired) electrons. The Morgan fingerprint density at radius 3 is 1.72 bits per heavy atom. The minimum absolute atomic E-state index is 0.316. The molecule has 166 valence electrons. The van der Waals surface area contributed by atoms with Gasteiger partial charge in [-0.15, -0.1) is 0 Å². The van der Waals surface area contributed by atoms with E-state index in [1.807, 2.05) is 5.32 Å². The van der Waals surface area contributed by atoms with Crippen LogP contribution in [-0.4, -0.2) is 93.5 Å². The number of primary amides is 1. The molecule has 11 N–H and O–H groups in total. The van der Waals surface area contributed by atoms with Crippen LogP contribution in [0.5, 0.6) is 0 Å². The SMILES string of the molecule is CC(O)C(N)C(=O)NC(CO)C(=O)NC(CCC(N)=O)C(=O)NC(CO)C(=O)O. The smallest absolute Gasteiger partial charge is 0.328 e. The van der Waals surface area contributed by atoms with Gasteiger partial charge in [0.25, 0.3) is 0 Å². The third kappa shape index (κ3) is 9.29. The van der Waals surface area contributed by atoms with Gasteiger partial charge in [0.2, 0.25) is 23.6 Å². The molecule has 0 saturated carbocycles. The second-order valence-electron chi connectivity index (χ2n) is 6.16. The maximum Gasteiger partial charge on any atom is 0.328 e. The largest absolute Gasteiger partial charge is 0.480 e. The minimum Gasteiger partial charge on any atom is -0.480 e. The van der Waals surface area contributed by atoms with Gasteiger partial charge in [0, 0.05) is 6.42 Å². The first-order valence-corrected chi connectivity index (χ1v) is 8.52. The first-order chi connectivity index (χ1) is 13.4. The Labute approximate surface area is 165 Å².